The van der Waals surface area contributed by atoms with Crippen LogP contribution < -0.4 is 4.57 Å². The van der Waals surface area contributed by atoms with E-state index in [0.29, 0.717) is 0 Å². The smallest absolute Gasteiger partial charge is 0.233 e. The molecule has 0 N–H and O–H groups in total. The second-order valence-electron chi connectivity index (χ2n) is 3.02. The third-order valence-electron chi connectivity index (χ3n) is 2.06. The van der Waals surface area contributed by atoms with Gasteiger partial charge in [-0.15, -0.1) is 0 Å². The van der Waals surface area contributed by atoms with Crippen molar-refractivity contribution >= 4 is 6.08 Å². The fourth-order valence-corrected chi connectivity index (χ4v) is 1.31. The number of hydrogen-bond acceptors (Lipinski definition) is 0. The Balaban J connectivity index is 2.77. The molecule has 0 saturated heterocycles. The van der Waals surface area contributed by atoms with Crippen LogP contribution in [0.3, 0.4) is 0 Å². The molecular weight excluding hydrogens is 148 g/mol. The van der Waals surface area contributed by atoms with Crippen LogP contribution in [-0.2, 0) is 13.6 Å². The van der Waals surface area contributed by atoms with E-state index in [-0.39, 0.29) is 0 Å². The average molecular weight is 165 g/mol. The highest BCUT2D eigenvalue weighted by Gasteiger charge is 2.08. The maximum atomic E-state index is 3.79. The summed E-state index contributed by atoms with van der Waals surface area (Å²) in [6.45, 7) is 7.09. The van der Waals surface area contributed by atoms with Gasteiger partial charge in [0.25, 0.3) is 5.82 Å². The highest BCUT2D eigenvalue weighted by Crippen LogP contribution is 1.99. The Labute approximate surface area is 74.1 Å². The minimum Gasteiger partial charge on any atom is -0.233 e. The van der Waals surface area contributed by atoms with Crippen LogP contribution in [0.25, 0.3) is 6.08 Å². The number of nitrogens with zero attached hydrogens (tertiary/aromatic N) is 2. The Kier molecular flexibility index (Phi) is 3.09. The highest BCUT2D eigenvalue weighted by molar-refractivity contribution is 5.32. The molecule has 0 unspecified atom stereocenters. The van der Waals surface area contributed by atoms with Crippen LogP contribution in [0.2, 0.25) is 0 Å². The summed E-state index contributed by atoms with van der Waals surface area (Å²) >= 11 is 0. The Morgan fingerprint density at radius 2 is 2.42 bits per heavy atom. The Bertz CT molecular complexity index is 261. The van der Waals surface area contributed by atoms with Gasteiger partial charge >= 0.3 is 0 Å². The zero-order chi connectivity index (χ0) is 8.97. The monoisotopic (exact) mass is 165 g/mol. The summed E-state index contributed by atoms with van der Waals surface area (Å²) < 4.78 is 4.32. The van der Waals surface area contributed by atoms with Crippen molar-refractivity contribution in [2.24, 2.45) is 7.05 Å². The average Bonchev–Trinajstić information content (AvgIpc) is 2.43. The predicted molar refractivity (Wildman–Crippen MR) is 50.6 cm³/mol. The van der Waals surface area contributed by atoms with E-state index in [1.54, 1.807) is 0 Å². The molecule has 0 fully saturated rings. The predicted octanol–water partition coefficient (Wildman–Crippen LogP) is 1.76. The standard InChI is InChI=1S/C10H17N2/c1-4-6-7-12-9-8-11(3)10(12)5-2/h5,8-9H,2,4,6-7H2,1,3H3/q+1. The van der Waals surface area contributed by atoms with Gasteiger partial charge in [-0.1, -0.05) is 19.9 Å². The molecule has 12 heavy (non-hydrogen) atoms. The summed E-state index contributed by atoms with van der Waals surface area (Å²) in [5, 5.41) is 0. The molecule has 0 atom stereocenters. The van der Waals surface area contributed by atoms with Crippen molar-refractivity contribution in [1.29, 1.82) is 0 Å². The van der Waals surface area contributed by atoms with Gasteiger partial charge < -0.3 is 0 Å². The van der Waals surface area contributed by atoms with Gasteiger partial charge in [-0.25, -0.2) is 9.13 Å². The lowest BCUT2D eigenvalue weighted by atomic mass is 10.3. The van der Waals surface area contributed by atoms with Crippen LogP contribution in [0.4, 0.5) is 0 Å². The molecule has 0 aliphatic carbocycles. The molecule has 0 saturated carbocycles. The van der Waals surface area contributed by atoms with Crippen molar-refractivity contribution in [2.45, 2.75) is 26.3 Å². The minimum absolute atomic E-state index is 1.10. The lowest BCUT2D eigenvalue weighted by Gasteiger charge is -1.96. The van der Waals surface area contributed by atoms with E-state index >= 15 is 0 Å². The summed E-state index contributed by atoms with van der Waals surface area (Å²) in [6, 6.07) is 0. The molecule has 0 radical (unpaired) electrons. The summed E-state index contributed by atoms with van der Waals surface area (Å²) in [6.07, 6.45) is 8.53. The Morgan fingerprint density at radius 1 is 1.67 bits per heavy atom. The molecule has 0 bridgehead atoms. The quantitative estimate of drug-likeness (QED) is 0.601. The van der Waals surface area contributed by atoms with Crippen LogP contribution in [0.5, 0.6) is 0 Å². The molecule has 0 aromatic carbocycles. The largest absolute Gasteiger partial charge is 0.280 e. The van der Waals surface area contributed by atoms with E-state index in [1.807, 2.05) is 13.1 Å². The lowest BCUT2D eigenvalue weighted by molar-refractivity contribution is -0.672. The van der Waals surface area contributed by atoms with Crippen molar-refractivity contribution in [3.63, 3.8) is 0 Å². The van der Waals surface area contributed by atoms with Crippen molar-refractivity contribution in [3.05, 3.63) is 24.8 Å². The first-order chi connectivity index (χ1) is 5.79. The van der Waals surface area contributed by atoms with Crippen molar-refractivity contribution in [2.75, 3.05) is 0 Å². The molecule has 0 spiro atoms. The van der Waals surface area contributed by atoms with Gasteiger partial charge in [0.1, 0.15) is 12.4 Å². The summed E-state index contributed by atoms with van der Waals surface area (Å²) in [4.78, 5) is 0. The molecule has 1 aromatic heterocycles. The number of aryl methyl sites for hydroxylation is 2. The van der Waals surface area contributed by atoms with Crippen LogP contribution in [0.1, 0.15) is 25.6 Å². The normalized spacial score (nSPS) is 10.2. The van der Waals surface area contributed by atoms with Crippen molar-refractivity contribution in [1.82, 2.24) is 4.57 Å². The van der Waals surface area contributed by atoms with E-state index in [1.165, 1.54) is 18.7 Å². The third-order valence-corrected chi connectivity index (χ3v) is 2.06. The summed E-state index contributed by atoms with van der Waals surface area (Å²) in [7, 11) is 2.04. The first-order valence-corrected chi connectivity index (χ1v) is 4.46. The molecule has 0 aliphatic rings. The maximum Gasteiger partial charge on any atom is 0.280 e. The van der Waals surface area contributed by atoms with Crippen LogP contribution in [-0.4, -0.2) is 4.57 Å². The maximum absolute atomic E-state index is 3.79. The molecule has 1 aromatic rings. The minimum atomic E-state index is 1.10. The zero-order valence-corrected chi connectivity index (χ0v) is 7.95. The van der Waals surface area contributed by atoms with E-state index in [9.17, 15) is 0 Å². The van der Waals surface area contributed by atoms with E-state index in [2.05, 4.69) is 35.0 Å². The number of imidazole rings is 1. The SMILES string of the molecule is C=Cc1n(CCCC)cc[n+]1C. The van der Waals surface area contributed by atoms with Crippen LogP contribution >= 0.6 is 0 Å². The van der Waals surface area contributed by atoms with Gasteiger partial charge in [0.05, 0.1) is 13.6 Å². The van der Waals surface area contributed by atoms with Gasteiger partial charge in [0, 0.05) is 6.08 Å². The first-order valence-electron chi connectivity index (χ1n) is 4.46. The molecule has 66 valence electrons. The van der Waals surface area contributed by atoms with Gasteiger partial charge in [0.2, 0.25) is 0 Å². The molecule has 2 nitrogen and oxygen atoms in total. The molecule has 1 heterocycles. The fourth-order valence-electron chi connectivity index (χ4n) is 1.31. The van der Waals surface area contributed by atoms with Gasteiger partial charge in [-0.05, 0) is 6.42 Å². The number of hydrogen-bond donors (Lipinski definition) is 0. The second kappa shape index (κ2) is 4.10. The second-order valence-corrected chi connectivity index (χ2v) is 3.02. The van der Waals surface area contributed by atoms with Crippen molar-refractivity contribution in [3.8, 4) is 0 Å². The van der Waals surface area contributed by atoms with Gasteiger partial charge in [-0.2, -0.15) is 0 Å². The fraction of sp³-hybridized carbons (Fsp3) is 0.500. The zero-order valence-electron chi connectivity index (χ0n) is 7.95. The molecule has 0 amide bonds. The van der Waals surface area contributed by atoms with E-state index in [4.69, 9.17) is 0 Å². The number of aromatic nitrogens is 2. The molecular formula is C10H17N2+. The lowest BCUT2D eigenvalue weighted by Crippen LogP contribution is -2.29. The van der Waals surface area contributed by atoms with Gasteiger partial charge in [-0.3, -0.25) is 0 Å². The first kappa shape index (κ1) is 9.04. The van der Waals surface area contributed by atoms with Crippen LogP contribution in [0, 0.1) is 0 Å². The third kappa shape index (κ3) is 1.76. The molecule has 0 aliphatic heterocycles. The van der Waals surface area contributed by atoms with Gasteiger partial charge in [0.15, 0.2) is 0 Å². The van der Waals surface area contributed by atoms with Crippen molar-refractivity contribution < 1.29 is 4.57 Å². The summed E-state index contributed by atoms with van der Waals surface area (Å²) in [5.74, 6) is 1.18. The molecule has 2 heteroatoms. The highest BCUT2D eigenvalue weighted by atomic mass is 15.1. The topological polar surface area (TPSA) is 8.81 Å². The van der Waals surface area contributed by atoms with E-state index < -0.39 is 0 Å². The van der Waals surface area contributed by atoms with Crippen LogP contribution in [0.15, 0.2) is 19.0 Å². The summed E-state index contributed by atoms with van der Waals surface area (Å²) in [5.41, 5.74) is 0. The number of rotatable bonds is 4. The van der Waals surface area contributed by atoms with E-state index in [0.717, 1.165) is 6.54 Å². The Hall–Kier alpha value is -1.05. The number of unbranched alkanes of at least 4 members (excludes halogenated alkanes) is 1. The molecule has 1 rings (SSSR count). The Morgan fingerprint density at radius 3 is 3.00 bits per heavy atom.